The Kier molecular flexibility index (Phi) is 5.23. The maximum atomic E-state index is 13.8. The molecule has 4 nitrogen and oxygen atoms in total. The average molecular weight is 324 g/mol. The van der Waals surface area contributed by atoms with Gasteiger partial charge in [0, 0.05) is 51.5 Å². The van der Waals surface area contributed by atoms with Gasteiger partial charge in [0.25, 0.3) is 5.91 Å². The van der Waals surface area contributed by atoms with Gasteiger partial charge in [-0.15, -0.1) is 0 Å². The molecule has 23 heavy (non-hydrogen) atoms. The molecule has 1 amide bonds. The predicted octanol–water partition coefficient (Wildman–Crippen LogP) is 2.29. The first-order chi connectivity index (χ1) is 11.1. The number of halogens is 2. The summed E-state index contributed by atoms with van der Waals surface area (Å²) in [5.41, 5.74) is -0.0501. The van der Waals surface area contributed by atoms with Crippen LogP contribution < -0.4 is 0 Å². The van der Waals surface area contributed by atoms with Crippen LogP contribution in [0, 0.1) is 11.6 Å². The molecule has 0 aromatic heterocycles. The summed E-state index contributed by atoms with van der Waals surface area (Å²) in [6.07, 6.45) is 2.92. The molecule has 0 spiro atoms. The van der Waals surface area contributed by atoms with Gasteiger partial charge < -0.3 is 9.64 Å². The van der Waals surface area contributed by atoms with E-state index in [-0.39, 0.29) is 11.5 Å². The van der Waals surface area contributed by atoms with Gasteiger partial charge in [0.05, 0.1) is 5.56 Å². The van der Waals surface area contributed by atoms with Crippen molar-refractivity contribution >= 4 is 5.91 Å². The maximum Gasteiger partial charge on any atom is 0.256 e. The molecule has 0 N–H and O–H groups in total. The summed E-state index contributed by atoms with van der Waals surface area (Å²) in [6.45, 7) is 4.51. The van der Waals surface area contributed by atoms with Gasteiger partial charge in [-0.2, -0.15) is 0 Å². The van der Waals surface area contributed by atoms with Gasteiger partial charge in [0.1, 0.15) is 11.6 Å². The summed E-state index contributed by atoms with van der Waals surface area (Å²) in [6, 6.07) is 3.64. The van der Waals surface area contributed by atoms with Crippen molar-refractivity contribution in [3.63, 3.8) is 0 Å². The number of nitrogens with zero attached hydrogens (tertiary/aromatic N) is 2. The van der Waals surface area contributed by atoms with Crippen molar-refractivity contribution in [2.45, 2.75) is 25.3 Å². The standard InChI is InChI=1S/C17H22F2N2O2/c18-13-2-3-15(16(19)12-13)17(22)21-7-1-6-20(8-9-21)14-4-10-23-11-5-14/h2-3,12,14H,1,4-11H2. The fourth-order valence-electron chi connectivity index (χ4n) is 3.39. The zero-order valence-corrected chi connectivity index (χ0v) is 13.1. The topological polar surface area (TPSA) is 32.8 Å². The highest BCUT2D eigenvalue weighted by Gasteiger charge is 2.26. The highest BCUT2D eigenvalue weighted by atomic mass is 19.1. The smallest absolute Gasteiger partial charge is 0.256 e. The van der Waals surface area contributed by atoms with Gasteiger partial charge >= 0.3 is 0 Å². The van der Waals surface area contributed by atoms with Crippen molar-refractivity contribution in [1.82, 2.24) is 9.80 Å². The first-order valence-electron chi connectivity index (χ1n) is 8.21. The molecule has 0 saturated carbocycles. The number of rotatable bonds is 2. The quantitative estimate of drug-likeness (QED) is 0.837. The van der Waals surface area contributed by atoms with E-state index in [9.17, 15) is 13.6 Å². The number of amides is 1. The molecule has 2 aliphatic heterocycles. The lowest BCUT2D eigenvalue weighted by molar-refractivity contribution is 0.0351. The minimum atomic E-state index is -0.791. The molecule has 0 atom stereocenters. The Hall–Kier alpha value is -1.53. The van der Waals surface area contributed by atoms with Crippen LogP contribution in [0.5, 0.6) is 0 Å². The van der Waals surface area contributed by atoms with E-state index < -0.39 is 11.6 Å². The second-order valence-corrected chi connectivity index (χ2v) is 6.15. The van der Waals surface area contributed by atoms with Crippen molar-refractivity contribution in [2.75, 3.05) is 39.4 Å². The Bertz CT molecular complexity index is 562. The summed E-state index contributed by atoms with van der Waals surface area (Å²) < 4.78 is 32.2. The SMILES string of the molecule is O=C(c1ccc(F)cc1F)N1CCCN(C2CCOCC2)CC1. The van der Waals surface area contributed by atoms with Crippen LogP contribution in [0.1, 0.15) is 29.6 Å². The summed E-state index contributed by atoms with van der Waals surface area (Å²) in [7, 11) is 0. The minimum Gasteiger partial charge on any atom is -0.381 e. The highest BCUT2D eigenvalue weighted by molar-refractivity contribution is 5.94. The van der Waals surface area contributed by atoms with E-state index in [0.717, 1.165) is 57.7 Å². The minimum absolute atomic E-state index is 0.0501. The number of carbonyl (C=O) groups is 1. The molecule has 0 bridgehead atoms. The number of carbonyl (C=O) groups excluding carboxylic acids is 1. The van der Waals surface area contributed by atoms with Crippen LogP contribution in [0.2, 0.25) is 0 Å². The van der Waals surface area contributed by atoms with Gasteiger partial charge in [0.15, 0.2) is 0 Å². The van der Waals surface area contributed by atoms with E-state index in [4.69, 9.17) is 4.74 Å². The monoisotopic (exact) mass is 324 g/mol. The zero-order chi connectivity index (χ0) is 16.2. The zero-order valence-electron chi connectivity index (χ0n) is 13.1. The van der Waals surface area contributed by atoms with Crippen LogP contribution in [0.3, 0.4) is 0 Å². The van der Waals surface area contributed by atoms with Crippen molar-refractivity contribution in [3.05, 3.63) is 35.4 Å². The normalized spacial score (nSPS) is 21.2. The molecule has 0 radical (unpaired) electrons. The molecular formula is C17H22F2N2O2. The second-order valence-electron chi connectivity index (χ2n) is 6.15. The molecular weight excluding hydrogens is 302 g/mol. The van der Waals surface area contributed by atoms with E-state index in [1.54, 1.807) is 4.90 Å². The van der Waals surface area contributed by atoms with Crippen LogP contribution >= 0.6 is 0 Å². The molecule has 2 fully saturated rings. The van der Waals surface area contributed by atoms with Gasteiger partial charge in [-0.25, -0.2) is 8.78 Å². The molecule has 0 unspecified atom stereocenters. The van der Waals surface area contributed by atoms with Gasteiger partial charge in [-0.05, 0) is 31.4 Å². The summed E-state index contributed by atoms with van der Waals surface area (Å²) in [5, 5.41) is 0. The Morgan fingerprint density at radius 1 is 1.09 bits per heavy atom. The Balaban J connectivity index is 1.64. The van der Waals surface area contributed by atoms with E-state index in [1.807, 2.05) is 0 Å². The molecule has 1 aromatic carbocycles. The van der Waals surface area contributed by atoms with E-state index in [0.29, 0.717) is 19.1 Å². The lowest BCUT2D eigenvalue weighted by Gasteiger charge is -2.33. The van der Waals surface area contributed by atoms with Crippen LogP contribution in [0.4, 0.5) is 8.78 Å². The molecule has 0 aliphatic carbocycles. The van der Waals surface area contributed by atoms with Gasteiger partial charge in [0.2, 0.25) is 0 Å². The third-order valence-electron chi connectivity index (χ3n) is 4.69. The number of hydrogen-bond donors (Lipinski definition) is 0. The molecule has 1 aromatic rings. The lowest BCUT2D eigenvalue weighted by Crippen LogP contribution is -2.42. The fraction of sp³-hybridized carbons (Fsp3) is 0.588. The van der Waals surface area contributed by atoms with Crippen molar-refractivity contribution in [1.29, 1.82) is 0 Å². The Morgan fingerprint density at radius 2 is 1.87 bits per heavy atom. The maximum absolute atomic E-state index is 13.8. The predicted molar refractivity (Wildman–Crippen MR) is 82.3 cm³/mol. The number of hydrogen-bond acceptors (Lipinski definition) is 3. The molecule has 2 heterocycles. The van der Waals surface area contributed by atoms with Crippen LogP contribution in [0.25, 0.3) is 0 Å². The average Bonchev–Trinajstić information content (AvgIpc) is 2.81. The van der Waals surface area contributed by atoms with Gasteiger partial charge in [-0.3, -0.25) is 9.69 Å². The fourth-order valence-corrected chi connectivity index (χ4v) is 3.39. The van der Waals surface area contributed by atoms with Crippen LogP contribution in [-0.2, 0) is 4.74 Å². The third-order valence-corrected chi connectivity index (χ3v) is 4.69. The number of ether oxygens (including phenoxy) is 1. The van der Waals surface area contributed by atoms with E-state index >= 15 is 0 Å². The molecule has 3 rings (SSSR count). The van der Waals surface area contributed by atoms with Crippen LogP contribution in [0.15, 0.2) is 18.2 Å². The summed E-state index contributed by atoms with van der Waals surface area (Å²) in [5.74, 6) is -1.81. The molecule has 2 aliphatic rings. The summed E-state index contributed by atoms with van der Waals surface area (Å²) in [4.78, 5) is 16.6. The Labute approximate surface area is 135 Å². The highest BCUT2D eigenvalue weighted by Crippen LogP contribution is 2.18. The number of benzene rings is 1. The molecule has 6 heteroatoms. The first kappa shape index (κ1) is 16.3. The van der Waals surface area contributed by atoms with Crippen molar-refractivity contribution in [2.24, 2.45) is 0 Å². The van der Waals surface area contributed by atoms with Gasteiger partial charge in [-0.1, -0.05) is 0 Å². The Morgan fingerprint density at radius 3 is 2.61 bits per heavy atom. The van der Waals surface area contributed by atoms with E-state index in [2.05, 4.69) is 4.90 Å². The third kappa shape index (κ3) is 3.87. The van der Waals surface area contributed by atoms with Crippen LogP contribution in [-0.4, -0.2) is 61.1 Å². The second kappa shape index (κ2) is 7.36. The molecule has 2 saturated heterocycles. The van der Waals surface area contributed by atoms with Crippen molar-refractivity contribution < 1.29 is 18.3 Å². The van der Waals surface area contributed by atoms with Crippen molar-refractivity contribution in [3.8, 4) is 0 Å². The first-order valence-corrected chi connectivity index (χ1v) is 8.21. The summed E-state index contributed by atoms with van der Waals surface area (Å²) >= 11 is 0. The largest absolute Gasteiger partial charge is 0.381 e. The van der Waals surface area contributed by atoms with E-state index in [1.165, 1.54) is 6.07 Å². The lowest BCUT2D eigenvalue weighted by atomic mass is 10.1. The molecule has 126 valence electrons.